The molecule has 3 aromatic carbocycles. The highest BCUT2D eigenvalue weighted by Crippen LogP contribution is 1.99. The lowest BCUT2D eigenvalue weighted by molar-refractivity contribution is 1.64. The van der Waals surface area contributed by atoms with Crippen molar-refractivity contribution in [1.82, 2.24) is 0 Å². The molecule has 0 heterocycles. The van der Waals surface area contributed by atoms with E-state index in [1.807, 2.05) is 104 Å². The van der Waals surface area contributed by atoms with Gasteiger partial charge in [-0.2, -0.15) is 0 Å². The number of rotatable bonds is 3. The molecule has 0 aliphatic rings. The Kier molecular flexibility index (Phi) is 14.0. The summed E-state index contributed by atoms with van der Waals surface area (Å²) in [6, 6.07) is 30.3. The van der Waals surface area contributed by atoms with E-state index < -0.39 is 0 Å². The summed E-state index contributed by atoms with van der Waals surface area (Å²) < 4.78 is 0. The van der Waals surface area contributed by atoms with Crippen LogP contribution < -0.4 is 0 Å². The first-order valence-corrected chi connectivity index (χ1v) is 8.33. The molecule has 3 aromatic rings. The zero-order chi connectivity index (χ0) is 18.2. The zero-order valence-electron chi connectivity index (χ0n) is 15.3. The van der Waals surface area contributed by atoms with Gasteiger partial charge in [-0.15, -0.1) is 12.4 Å². The summed E-state index contributed by atoms with van der Waals surface area (Å²) in [5, 5.41) is 0. The summed E-state index contributed by atoms with van der Waals surface area (Å²) in [6.45, 7) is 9.28. The van der Waals surface area contributed by atoms with Crippen molar-refractivity contribution in [2.45, 2.75) is 6.92 Å². The minimum absolute atomic E-state index is 0. The fourth-order valence-electron chi connectivity index (χ4n) is 1.93. The fraction of sp³-hybridized carbons (Fsp3) is 0.0400. The Balaban J connectivity index is 0.000000355. The van der Waals surface area contributed by atoms with Crippen LogP contribution in [0.5, 0.6) is 0 Å². The molecular formula is C25H27Cl. The molecule has 0 fully saturated rings. The Hall–Kier alpha value is -2.83. The van der Waals surface area contributed by atoms with Crippen LogP contribution in [0, 0.1) is 0 Å². The van der Waals surface area contributed by atoms with Crippen molar-refractivity contribution in [1.29, 1.82) is 0 Å². The maximum atomic E-state index is 3.63. The SMILES string of the molecule is C=Cc1ccccc1.C=Cc1ccccc1.CC=Cc1ccccc1.Cl. The lowest BCUT2D eigenvalue weighted by Gasteiger charge is -1.86. The second-order valence-electron chi connectivity index (χ2n) is 5.14. The van der Waals surface area contributed by atoms with Crippen molar-refractivity contribution in [2.75, 3.05) is 0 Å². The molecule has 0 saturated heterocycles. The van der Waals surface area contributed by atoms with Gasteiger partial charge in [0.15, 0.2) is 0 Å². The zero-order valence-corrected chi connectivity index (χ0v) is 16.1. The summed E-state index contributed by atoms with van der Waals surface area (Å²) in [4.78, 5) is 0. The molecule has 0 unspecified atom stereocenters. The molecule has 0 aliphatic heterocycles. The van der Waals surface area contributed by atoms with Gasteiger partial charge in [-0.3, -0.25) is 0 Å². The van der Waals surface area contributed by atoms with Crippen LogP contribution >= 0.6 is 12.4 Å². The fourth-order valence-corrected chi connectivity index (χ4v) is 1.93. The highest BCUT2D eigenvalue weighted by atomic mass is 35.5. The van der Waals surface area contributed by atoms with E-state index in [0.717, 1.165) is 0 Å². The van der Waals surface area contributed by atoms with E-state index in [1.54, 1.807) is 0 Å². The number of halogens is 1. The van der Waals surface area contributed by atoms with Gasteiger partial charge in [0.25, 0.3) is 0 Å². The highest BCUT2D eigenvalue weighted by molar-refractivity contribution is 5.85. The molecule has 0 N–H and O–H groups in total. The number of benzene rings is 3. The van der Waals surface area contributed by atoms with Crippen LogP contribution in [0.25, 0.3) is 18.2 Å². The minimum atomic E-state index is 0. The first-order chi connectivity index (χ1) is 12.3. The molecule has 0 spiro atoms. The first-order valence-electron chi connectivity index (χ1n) is 8.33. The van der Waals surface area contributed by atoms with Crippen LogP contribution in [-0.4, -0.2) is 0 Å². The molecule has 3 rings (SSSR count). The van der Waals surface area contributed by atoms with Gasteiger partial charge in [0, 0.05) is 0 Å². The molecule has 0 radical (unpaired) electrons. The molecule has 26 heavy (non-hydrogen) atoms. The normalized spacial score (nSPS) is 8.81. The van der Waals surface area contributed by atoms with Gasteiger partial charge in [-0.05, 0) is 23.6 Å². The van der Waals surface area contributed by atoms with Crippen LogP contribution in [0.1, 0.15) is 23.6 Å². The quantitative estimate of drug-likeness (QED) is 0.445. The van der Waals surface area contributed by atoms with Crippen LogP contribution in [-0.2, 0) is 0 Å². The Morgan fingerprint density at radius 3 is 1.08 bits per heavy atom. The minimum Gasteiger partial charge on any atom is -0.147 e. The molecule has 134 valence electrons. The summed E-state index contributed by atoms with van der Waals surface area (Å²) in [5.74, 6) is 0. The van der Waals surface area contributed by atoms with E-state index >= 15 is 0 Å². The summed E-state index contributed by atoms with van der Waals surface area (Å²) in [5.41, 5.74) is 3.61. The Bertz CT molecular complexity index is 685. The van der Waals surface area contributed by atoms with E-state index in [1.165, 1.54) is 16.7 Å². The van der Waals surface area contributed by atoms with E-state index in [9.17, 15) is 0 Å². The predicted molar refractivity (Wildman–Crippen MR) is 121 cm³/mol. The van der Waals surface area contributed by atoms with Gasteiger partial charge >= 0.3 is 0 Å². The summed E-state index contributed by atoms with van der Waals surface area (Å²) >= 11 is 0. The molecule has 1 heteroatoms. The topological polar surface area (TPSA) is 0 Å². The second-order valence-corrected chi connectivity index (χ2v) is 5.14. The smallest absolute Gasteiger partial charge is 0.0260 e. The Labute approximate surface area is 164 Å². The average Bonchev–Trinajstić information content (AvgIpc) is 2.71. The van der Waals surface area contributed by atoms with E-state index in [0.29, 0.717) is 0 Å². The number of allylic oxidation sites excluding steroid dienone is 1. The van der Waals surface area contributed by atoms with Gasteiger partial charge < -0.3 is 0 Å². The van der Waals surface area contributed by atoms with Gasteiger partial charge in [0.2, 0.25) is 0 Å². The van der Waals surface area contributed by atoms with Crippen molar-refractivity contribution in [2.24, 2.45) is 0 Å². The predicted octanol–water partition coefficient (Wildman–Crippen LogP) is 7.80. The summed E-state index contributed by atoms with van der Waals surface area (Å²) in [6.07, 6.45) is 7.79. The lowest BCUT2D eigenvalue weighted by atomic mass is 10.2. The molecule has 0 saturated carbocycles. The average molecular weight is 363 g/mol. The monoisotopic (exact) mass is 362 g/mol. The molecular weight excluding hydrogens is 336 g/mol. The molecule has 0 bridgehead atoms. The number of hydrogen-bond donors (Lipinski definition) is 0. The molecule has 0 nitrogen and oxygen atoms in total. The Morgan fingerprint density at radius 1 is 0.538 bits per heavy atom. The summed E-state index contributed by atoms with van der Waals surface area (Å²) in [7, 11) is 0. The largest absolute Gasteiger partial charge is 0.147 e. The third-order valence-electron chi connectivity index (χ3n) is 3.23. The molecule has 0 atom stereocenters. The van der Waals surface area contributed by atoms with Crippen molar-refractivity contribution < 1.29 is 0 Å². The maximum Gasteiger partial charge on any atom is -0.0260 e. The van der Waals surface area contributed by atoms with Crippen molar-refractivity contribution in [3.8, 4) is 0 Å². The van der Waals surface area contributed by atoms with Crippen molar-refractivity contribution >= 4 is 30.6 Å². The Morgan fingerprint density at radius 2 is 0.846 bits per heavy atom. The first kappa shape index (κ1) is 23.2. The third kappa shape index (κ3) is 10.9. The van der Waals surface area contributed by atoms with Crippen LogP contribution in [0.4, 0.5) is 0 Å². The molecule has 0 aromatic heterocycles. The van der Waals surface area contributed by atoms with E-state index in [-0.39, 0.29) is 12.4 Å². The van der Waals surface area contributed by atoms with Gasteiger partial charge in [0.05, 0.1) is 0 Å². The van der Waals surface area contributed by atoms with Gasteiger partial charge in [-0.25, -0.2) is 0 Å². The van der Waals surface area contributed by atoms with Crippen LogP contribution in [0.2, 0.25) is 0 Å². The van der Waals surface area contributed by atoms with Crippen molar-refractivity contribution in [3.05, 3.63) is 127 Å². The second kappa shape index (κ2) is 15.7. The van der Waals surface area contributed by atoms with Crippen LogP contribution in [0.15, 0.2) is 110 Å². The van der Waals surface area contributed by atoms with Crippen LogP contribution in [0.3, 0.4) is 0 Å². The van der Waals surface area contributed by atoms with Gasteiger partial charge in [0.1, 0.15) is 0 Å². The number of hydrogen-bond acceptors (Lipinski definition) is 0. The molecule has 0 amide bonds. The third-order valence-corrected chi connectivity index (χ3v) is 3.23. The lowest BCUT2D eigenvalue weighted by Crippen LogP contribution is -1.65. The molecule has 0 aliphatic carbocycles. The van der Waals surface area contributed by atoms with Gasteiger partial charge in [-0.1, -0.05) is 128 Å². The standard InChI is InChI=1S/C9H10.2C8H8.ClH/c1-2-6-9-7-4-3-5-8-9;2*1-2-8-6-4-3-5-7-8;/h2-8H,1H3;2*2-7H,1H2;1H. The van der Waals surface area contributed by atoms with E-state index in [4.69, 9.17) is 0 Å². The maximum absolute atomic E-state index is 3.63. The van der Waals surface area contributed by atoms with E-state index in [2.05, 4.69) is 31.4 Å². The van der Waals surface area contributed by atoms with Crippen molar-refractivity contribution in [3.63, 3.8) is 0 Å². The highest BCUT2D eigenvalue weighted by Gasteiger charge is 1.78.